The molecule has 0 radical (unpaired) electrons. The quantitative estimate of drug-likeness (QED) is 0.688. The van der Waals surface area contributed by atoms with E-state index in [0.717, 1.165) is 29.5 Å². The normalized spacial score (nSPS) is 18.7. The van der Waals surface area contributed by atoms with Crippen LogP contribution in [0.2, 0.25) is 0 Å². The highest BCUT2D eigenvalue weighted by molar-refractivity contribution is 5.45. The topological polar surface area (TPSA) is 46.2 Å². The molecule has 0 saturated heterocycles. The number of nitrogens with two attached hydrogens (primary N) is 1. The van der Waals surface area contributed by atoms with Gasteiger partial charge in [0.2, 0.25) is 0 Å². The molecule has 0 spiro atoms. The van der Waals surface area contributed by atoms with Crippen LogP contribution in [0.1, 0.15) is 29.5 Å². The molecule has 1 fully saturated rings. The molecule has 0 atom stereocenters. The lowest BCUT2D eigenvalue weighted by Gasteiger charge is -2.12. The smallest absolute Gasteiger partial charge is 0.119 e. The van der Waals surface area contributed by atoms with Crippen LogP contribution in [0.4, 0.5) is 0 Å². The minimum atomic E-state index is -0.143. The molecule has 0 aromatic heterocycles. The van der Waals surface area contributed by atoms with Gasteiger partial charge in [-0.25, -0.2) is 0 Å². The summed E-state index contributed by atoms with van der Waals surface area (Å²) in [6, 6.07) is 3.89. The minimum absolute atomic E-state index is 0.143. The SMILES string of the molecule is Cc1cc(C2(N)CC2)cc(O)c1C. The third-order valence-corrected chi connectivity index (χ3v) is 3.00. The molecule has 2 nitrogen and oxygen atoms in total. The number of phenols is 1. The van der Waals surface area contributed by atoms with Crippen molar-refractivity contribution >= 4 is 0 Å². The lowest BCUT2D eigenvalue weighted by Crippen LogP contribution is -2.18. The van der Waals surface area contributed by atoms with Crippen LogP contribution in [0, 0.1) is 13.8 Å². The third kappa shape index (κ3) is 1.31. The molecular formula is C11H15NO. The summed E-state index contributed by atoms with van der Waals surface area (Å²) in [5.41, 5.74) is 9.05. The predicted molar refractivity (Wildman–Crippen MR) is 52.7 cm³/mol. The fraction of sp³-hybridized carbons (Fsp3) is 0.455. The number of rotatable bonds is 1. The lowest BCUT2D eigenvalue weighted by molar-refractivity contribution is 0.468. The summed E-state index contributed by atoms with van der Waals surface area (Å²) in [4.78, 5) is 0. The highest BCUT2D eigenvalue weighted by Crippen LogP contribution is 2.44. The zero-order valence-electron chi connectivity index (χ0n) is 8.09. The average Bonchev–Trinajstić information content (AvgIpc) is 2.80. The minimum Gasteiger partial charge on any atom is -0.508 e. The Morgan fingerprint density at radius 1 is 1.31 bits per heavy atom. The Morgan fingerprint density at radius 3 is 2.38 bits per heavy atom. The van der Waals surface area contributed by atoms with Crippen LogP contribution >= 0.6 is 0 Å². The molecular weight excluding hydrogens is 162 g/mol. The zero-order chi connectivity index (χ0) is 9.64. The van der Waals surface area contributed by atoms with Crippen molar-refractivity contribution in [2.45, 2.75) is 32.2 Å². The van der Waals surface area contributed by atoms with Gasteiger partial charge in [-0.2, -0.15) is 0 Å². The Hall–Kier alpha value is -1.02. The van der Waals surface area contributed by atoms with Crippen LogP contribution in [0.3, 0.4) is 0 Å². The first-order chi connectivity index (χ1) is 6.03. The molecule has 0 amide bonds. The molecule has 0 aliphatic heterocycles. The van der Waals surface area contributed by atoms with E-state index in [-0.39, 0.29) is 5.54 Å². The first-order valence-corrected chi connectivity index (χ1v) is 4.62. The molecule has 1 aromatic rings. The molecule has 0 heterocycles. The van der Waals surface area contributed by atoms with Gasteiger partial charge in [-0.05, 0) is 49.4 Å². The molecule has 70 valence electrons. The molecule has 0 bridgehead atoms. The van der Waals surface area contributed by atoms with E-state index in [9.17, 15) is 5.11 Å². The van der Waals surface area contributed by atoms with Gasteiger partial charge in [0.1, 0.15) is 5.75 Å². The molecule has 1 aromatic carbocycles. The van der Waals surface area contributed by atoms with Crippen LogP contribution < -0.4 is 5.73 Å². The van der Waals surface area contributed by atoms with Gasteiger partial charge in [0.25, 0.3) is 0 Å². The summed E-state index contributed by atoms with van der Waals surface area (Å²) in [5.74, 6) is 0.367. The van der Waals surface area contributed by atoms with E-state index in [0.29, 0.717) is 5.75 Å². The van der Waals surface area contributed by atoms with Gasteiger partial charge in [0.05, 0.1) is 0 Å². The van der Waals surface area contributed by atoms with E-state index in [1.54, 1.807) is 6.07 Å². The van der Waals surface area contributed by atoms with Crippen molar-refractivity contribution in [1.29, 1.82) is 0 Å². The Balaban J connectivity index is 2.50. The van der Waals surface area contributed by atoms with Gasteiger partial charge in [0, 0.05) is 5.54 Å². The summed E-state index contributed by atoms with van der Waals surface area (Å²) in [6.45, 7) is 3.93. The number of aryl methyl sites for hydroxylation is 1. The van der Waals surface area contributed by atoms with Crippen molar-refractivity contribution in [3.63, 3.8) is 0 Å². The number of benzene rings is 1. The fourth-order valence-corrected chi connectivity index (χ4v) is 1.55. The summed E-state index contributed by atoms with van der Waals surface area (Å²) in [7, 11) is 0. The van der Waals surface area contributed by atoms with Gasteiger partial charge < -0.3 is 10.8 Å². The zero-order valence-corrected chi connectivity index (χ0v) is 8.09. The largest absolute Gasteiger partial charge is 0.508 e. The van der Waals surface area contributed by atoms with Gasteiger partial charge >= 0.3 is 0 Å². The number of hydrogen-bond donors (Lipinski definition) is 2. The molecule has 1 aliphatic carbocycles. The maximum atomic E-state index is 9.62. The second kappa shape index (κ2) is 2.48. The van der Waals surface area contributed by atoms with Crippen LogP contribution in [-0.2, 0) is 5.54 Å². The van der Waals surface area contributed by atoms with Crippen molar-refractivity contribution in [3.8, 4) is 5.75 Å². The number of aromatic hydroxyl groups is 1. The molecule has 0 unspecified atom stereocenters. The monoisotopic (exact) mass is 177 g/mol. The van der Waals surface area contributed by atoms with Crippen LogP contribution in [-0.4, -0.2) is 5.11 Å². The molecule has 1 saturated carbocycles. The number of hydrogen-bond acceptors (Lipinski definition) is 2. The second-order valence-corrected chi connectivity index (χ2v) is 4.09. The van der Waals surface area contributed by atoms with E-state index in [2.05, 4.69) is 6.07 Å². The fourth-order valence-electron chi connectivity index (χ4n) is 1.55. The standard InChI is InChI=1S/C11H15NO/c1-7-5-9(11(12)3-4-11)6-10(13)8(7)2/h5-6,13H,3-4,12H2,1-2H3. The van der Waals surface area contributed by atoms with Gasteiger partial charge in [0.15, 0.2) is 0 Å². The summed E-state index contributed by atoms with van der Waals surface area (Å²) in [5, 5.41) is 9.62. The van der Waals surface area contributed by atoms with E-state index < -0.39 is 0 Å². The first-order valence-electron chi connectivity index (χ1n) is 4.62. The molecule has 2 rings (SSSR count). The summed E-state index contributed by atoms with van der Waals surface area (Å²) >= 11 is 0. The second-order valence-electron chi connectivity index (χ2n) is 4.09. The van der Waals surface area contributed by atoms with E-state index in [1.165, 1.54) is 0 Å². The summed E-state index contributed by atoms with van der Waals surface area (Å²) < 4.78 is 0. The average molecular weight is 177 g/mol. The van der Waals surface area contributed by atoms with Crippen molar-refractivity contribution < 1.29 is 5.11 Å². The van der Waals surface area contributed by atoms with Crippen molar-refractivity contribution in [1.82, 2.24) is 0 Å². The van der Waals surface area contributed by atoms with Crippen LogP contribution in [0.15, 0.2) is 12.1 Å². The highest BCUT2D eigenvalue weighted by Gasteiger charge is 2.40. The summed E-state index contributed by atoms with van der Waals surface area (Å²) in [6.07, 6.45) is 2.07. The maximum absolute atomic E-state index is 9.62. The van der Waals surface area contributed by atoms with E-state index >= 15 is 0 Å². The van der Waals surface area contributed by atoms with E-state index in [4.69, 9.17) is 5.73 Å². The highest BCUT2D eigenvalue weighted by atomic mass is 16.3. The third-order valence-electron chi connectivity index (χ3n) is 3.00. The van der Waals surface area contributed by atoms with Gasteiger partial charge in [-0.1, -0.05) is 6.07 Å². The van der Waals surface area contributed by atoms with Crippen LogP contribution in [0.25, 0.3) is 0 Å². The maximum Gasteiger partial charge on any atom is 0.119 e. The number of phenolic OH excluding ortho intramolecular Hbond substituents is 1. The first kappa shape index (κ1) is 8.57. The Bertz CT molecular complexity index is 330. The Kier molecular flexibility index (Phi) is 1.64. The van der Waals surface area contributed by atoms with Gasteiger partial charge in [-0.15, -0.1) is 0 Å². The van der Waals surface area contributed by atoms with Crippen molar-refractivity contribution in [3.05, 3.63) is 28.8 Å². The van der Waals surface area contributed by atoms with Gasteiger partial charge in [-0.3, -0.25) is 0 Å². The predicted octanol–water partition coefficient (Wildman–Crippen LogP) is 1.96. The Morgan fingerprint density at radius 2 is 1.92 bits per heavy atom. The van der Waals surface area contributed by atoms with Crippen molar-refractivity contribution in [2.24, 2.45) is 5.73 Å². The Labute approximate surface area is 78.4 Å². The molecule has 3 N–H and O–H groups in total. The molecule has 1 aliphatic rings. The van der Waals surface area contributed by atoms with E-state index in [1.807, 2.05) is 13.8 Å². The van der Waals surface area contributed by atoms with Crippen LogP contribution in [0.5, 0.6) is 5.75 Å². The molecule has 13 heavy (non-hydrogen) atoms. The molecule has 2 heteroatoms. The lowest BCUT2D eigenvalue weighted by atomic mass is 9.99. The van der Waals surface area contributed by atoms with Crippen molar-refractivity contribution in [2.75, 3.05) is 0 Å².